The molecule has 0 saturated heterocycles. The van der Waals surface area contributed by atoms with Crippen molar-refractivity contribution in [3.63, 3.8) is 0 Å². The molecule has 25 heavy (non-hydrogen) atoms. The molecule has 0 bridgehead atoms. The summed E-state index contributed by atoms with van der Waals surface area (Å²) in [4.78, 5) is 37.7. The molecule has 1 N–H and O–H groups in total. The number of amides is 1. The molecule has 1 atom stereocenters. The van der Waals surface area contributed by atoms with Crippen molar-refractivity contribution < 1.29 is 19.1 Å². The number of thioether (sulfide) groups is 1. The van der Waals surface area contributed by atoms with Crippen molar-refractivity contribution in [1.29, 1.82) is 10.7 Å². The quantitative estimate of drug-likeness (QED) is 0.429. The van der Waals surface area contributed by atoms with Crippen LogP contribution >= 0.6 is 11.8 Å². The molecule has 0 aliphatic rings. The van der Waals surface area contributed by atoms with E-state index in [4.69, 9.17) is 15.4 Å². The van der Waals surface area contributed by atoms with E-state index >= 15 is 0 Å². The molecule has 7 nitrogen and oxygen atoms in total. The maximum atomic E-state index is 12.2. The van der Waals surface area contributed by atoms with Crippen LogP contribution in [0, 0.1) is 22.7 Å². The second kappa shape index (κ2) is 9.59. The van der Waals surface area contributed by atoms with Gasteiger partial charge in [-0.1, -0.05) is 12.1 Å². The number of esters is 1. The van der Waals surface area contributed by atoms with Gasteiger partial charge in [-0.05, 0) is 19.1 Å². The number of Topliss-reactive ketones (excluding diaryl/α,β-unsaturated/α-hetero) is 1. The Balaban J connectivity index is 2.76. The zero-order chi connectivity index (χ0) is 19.0. The highest BCUT2D eigenvalue weighted by atomic mass is 32.2. The first kappa shape index (κ1) is 20.4. The Morgan fingerprint density at radius 3 is 2.52 bits per heavy atom. The highest BCUT2D eigenvalue weighted by Gasteiger charge is 2.22. The van der Waals surface area contributed by atoms with E-state index in [2.05, 4.69) is 0 Å². The van der Waals surface area contributed by atoms with Crippen molar-refractivity contribution in [2.75, 3.05) is 26.5 Å². The number of nitrogens with zero attached hydrogens (tertiary/aromatic N) is 2. The van der Waals surface area contributed by atoms with E-state index < -0.39 is 24.3 Å². The van der Waals surface area contributed by atoms with Gasteiger partial charge in [0.15, 0.2) is 12.4 Å². The summed E-state index contributed by atoms with van der Waals surface area (Å²) in [5, 5.41) is 16.2. The van der Waals surface area contributed by atoms with E-state index in [0.717, 1.165) is 0 Å². The van der Waals surface area contributed by atoms with Gasteiger partial charge < -0.3 is 15.0 Å². The van der Waals surface area contributed by atoms with Gasteiger partial charge in [-0.2, -0.15) is 5.26 Å². The minimum absolute atomic E-state index is 0.0956. The molecule has 0 saturated carbocycles. The fraction of sp³-hybridized carbons (Fsp3) is 0.353. The summed E-state index contributed by atoms with van der Waals surface area (Å²) in [7, 11) is 3.29. The molecule has 1 aromatic carbocycles. The third kappa shape index (κ3) is 6.04. The summed E-state index contributed by atoms with van der Waals surface area (Å²) in [5.74, 6) is -2.50. The maximum Gasteiger partial charge on any atom is 0.339 e. The lowest BCUT2D eigenvalue weighted by atomic mass is 10.0. The average molecular weight is 361 g/mol. The van der Waals surface area contributed by atoms with Gasteiger partial charge in [0, 0.05) is 24.7 Å². The van der Waals surface area contributed by atoms with E-state index in [1.165, 1.54) is 23.6 Å². The van der Waals surface area contributed by atoms with Crippen LogP contribution in [0.4, 0.5) is 0 Å². The number of benzene rings is 1. The van der Waals surface area contributed by atoms with Crippen LogP contribution in [0.25, 0.3) is 0 Å². The van der Waals surface area contributed by atoms with Crippen molar-refractivity contribution in [3.05, 3.63) is 29.8 Å². The van der Waals surface area contributed by atoms with Crippen LogP contribution in [0.2, 0.25) is 0 Å². The highest BCUT2D eigenvalue weighted by molar-refractivity contribution is 8.00. The molecule has 0 aromatic heterocycles. The van der Waals surface area contributed by atoms with Crippen molar-refractivity contribution in [2.24, 2.45) is 5.92 Å². The van der Waals surface area contributed by atoms with Crippen molar-refractivity contribution in [3.8, 4) is 6.07 Å². The molecule has 0 aliphatic carbocycles. The molecule has 1 unspecified atom stereocenters. The standard InChI is InChI=1S/C17H19N3O4S/c1-11(19)13(8-18)14(21)9-24-17(23)12-6-4-5-7-15(12)25-10-16(22)20(2)3/h4-7,13,19H,9-10H2,1-3H3. The molecule has 8 heteroatoms. The molecule has 0 heterocycles. The number of hydrogen-bond acceptors (Lipinski definition) is 7. The summed E-state index contributed by atoms with van der Waals surface area (Å²) in [6, 6.07) is 8.31. The minimum Gasteiger partial charge on any atom is -0.454 e. The van der Waals surface area contributed by atoms with Crippen LogP contribution in [-0.4, -0.2) is 54.7 Å². The fourth-order valence-corrected chi connectivity index (χ4v) is 2.76. The number of ketones is 1. The van der Waals surface area contributed by atoms with Crippen LogP contribution < -0.4 is 0 Å². The summed E-state index contributed by atoms with van der Waals surface area (Å²) in [6.07, 6.45) is 0. The van der Waals surface area contributed by atoms with Gasteiger partial charge in [0.25, 0.3) is 0 Å². The second-order valence-corrected chi connectivity index (χ2v) is 6.38. The fourth-order valence-electron chi connectivity index (χ4n) is 1.74. The normalized spacial score (nSPS) is 11.1. The molecule has 0 fully saturated rings. The van der Waals surface area contributed by atoms with Gasteiger partial charge in [0.2, 0.25) is 5.91 Å². The highest BCUT2D eigenvalue weighted by Crippen LogP contribution is 2.23. The lowest BCUT2D eigenvalue weighted by Crippen LogP contribution is -2.25. The molecular weight excluding hydrogens is 342 g/mol. The van der Waals surface area contributed by atoms with Gasteiger partial charge in [0.1, 0.15) is 5.92 Å². The van der Waals surface area contributed by atoms with Crippen molar-refractivity contribution in [2.45, 2.75) is 11.8 Å². The second-order valence-electron chi connectivity index (χ2n) is 5.36. The maximum absolute atomic E-state index is 12.2. The average Bonchev–Trinajstić information content (AvgIpc) is 2.57. The number of carbonyl (C=O) groups excluding carboxylic acids is 3. The topological polar surface area (TPSA) is 111 Å². The molecule has 132 valence electrons. The molecule has 1 rings (SSSR count). The number of carbonyl (C=O) groups is 3. The van der Waals surface area contributed by atoms with Crippen molar-refractivity contribution in [1.82, 2.24) is 4.90 Å². The summed E-state index contributed by atoms with van der Waals surface area (Å²) < 4.78 is 4.97. The first-order chi connectivity index (χ1) is 11.8. The van der Waals surface area contributed by atoms with Crippen LogP contribution in [0.3, 0.4) is 0 Å². The number of rotatable bonds is 8. The third-order valence-corrected chi connectivity index (χ3v) is 4.24. The molecule has 1 aromatic rings. The Morgan fingerprint density at radius 1 is 1.32 bits per heavy atom. The number of hydrogen-bond donors (Lipinski definition) is 1. The SMILES string of the molecule is CC(=N)C(C#N)C(=O)COC(=O)c1ccccc1SCC(=O)N(C)C. The summed E-state index contributed by atoms with van der Waals surface area (Å²) in [6.45, 7) is 0.768. The van der Waals surface area contributed by atoms with Gasteiger partial charge in [-0.3, -0.25) is 9.59 Å². The Morgan fingerprint density at radius 2 is 1.96 bits per heavy atom. The van der Waals surface area contributed by atoms with E-state index in [0.29, 0.717) is 4.90 Å². The van der Waals surface area contributed by atoms with E-state index in [1.54, 1.807) is 44.4 Å². The van der Waals surface area contributed by atoms with Crippen molar-refractivity contribution >= 4 is 35.1 Å². The smallest absolute Gasteiger partial charge is 0.339 e. The zero-order valence-corrected chi connectivity index (χ0v) is 15.1. The van der Waals surface area contributed by atoms with Gasteiger partial charge in [0.05, 0.1) is 17.4 Å². The predicted octanol–water partition coefficient (Wildman–Crippen LogP) is 1.77. The van der Waals surface area contributed by atoms with Crippen LogP contribution in [0.15, 0.2) is 29.2 Å². The van der Waals surface area contributed by atoms with Gasteiger partial charge in [-0.15, -0.1) is 11.8 Å². The third-order valence-electron chi connectivity index (χ3n) is 3.19. The molecule has 0 aliphatic heterocycles. The largest absolute Gasteiger partial charge is 0.454 e. The Kier molecular flexibility index (Phi) is 7.82. The first-order valence-corrected chi connectivity index (χ1v) is 8.33. The molecule has 0 spiro atoms. The Labute approximate surface area is 150 Å². The van der Waals surface area contributed by atoms with E-state index in [-0.39, 0.29) is 22.9 Å². The molecule has 1 amide bonds. The van der Waals surface area contributed by atoms with Crippen LogP contribution in [0.1, 0.15) is 17.3 Å². The van der Waals surface area contributed by atoms with E-state index in [9.17, 15) is 14.4 Å². The van der Waals surface area contributed by atoms with Crippen LogP contribution in [0.5, 0.6) is 0 Å². The number of nitrogens with one attached hydrogen (secondary N) is 1. The van der Waals surface area contributed by atoms with Gasteiger partial charge in [-0.25, -0.2) is 4.79 Å². The number of ether oxygens (including phenoxy) is 1. The lowest BCUT2D eigenvalue weighted by Gasteiger charge is -2.12. The first-order valence-electron chi connectivity index (χ1n) is 7.34. The Bertz CT molecular complexity index is 725. The predicted molar refractivity (Wildman–Crippen MR) is 93.7 cm³/mol. The molecular formula is C17H19N3O4S. The number of nitriles is 1. The summed E-state index contributed by atoms with van der Waals surface area (Å²) in [5.41, 5.74) is 0.147. The molecule has 0 radical (unpaired) electrons. The van der Waals surface area contributed by atoms with E-state index in [1.807, 2.05) is 0 Å². The Hall–Kier alpha value is -2.66. The minimum atomic E-state index is -1.21. The zero-order valence-electron chi connectivity index (χ0n) is 14.2. The van der Waals surface area contributed by atoms with Gasteiger partial charge >= 0.3 is 5.97 Å². The van der Waals surface area contributed by atoms with Crippen LogP contribution in [-0.2, 0) is 14.3 Å². The monoisotopic (exact) mass is 361 g/mol. The lowest BCUT2D eigenvalue weighted by molar-refractivity contribution is -0.126. The summed E-state index contributed by atoms with van der Waals surface area (Å²) >= 11 is 1.20.